The predicted octanol–water partition coefficient (Wildman–Crippen LogP) is 3.26. The Labute approximate surface area is 104 Å². The fourth-order valence-corrected chi connectivity index (χ4v) is 2.48. The Hall–Kier alpha value is -1.13. The fourth-order valence-electron chi connectivity index (χ4n) is 1.62. The average molecular weight is 273 g/mol. The second kappa shape index (κ2) is 4.27. The van der Waals surface area contributed by atoms with E-state index in [4.69, 9.17) is 10.7 Å². The largest absolute Gasteiger partial charge is 0.271 e. The van der Waals surface area contributed by atoms with E-state index in [1.165, 1.54) is 12.2 Å². The molecule has 0 aliphatic heterocycles. The van der Waals surface area contributed by atoms with E-state index in [2.05, 4.69) is 0 Å². The molecule has 0 amide bonds. The van der Waals surface area contributed by atoms with E-state index in [0.717, 1.165) is 17.2 Å². The number of hydrogen-bond donors (Lipinski definition) is 0. The van der Waals surface area contributed by atoms with Crippen LogP contribution in [-0.4, -0.2) is 13.4 Å². The molecular weight excluding hydrogens is 263 g/mol. The first kappa shape index (κ1) is 12.3. The Balaban J connectivity index is 2.29. The number of alkyl halides is 1. The minimum atomic E-state index is -4.26. The van der Waals surface area contributed by atoms with Crippen LogP contribution < -0.4 is 0 Å². The first-order chi connectivity index (χ1) is 7.92. The minimum Gasteiger partial charge on any atom is -0.220 e. The zero-order chi connectivity index (χ0) is 12.5. The molecule has 1 aliphatic carbocycles. The maximum Gasteiger partial charge on any atom is 0.271 e. The zero-order valence-electron chi connectivity index (χ0n) is 8.81. The van der Waals surface area contributed by atoms with Crippen LogP contribution in [0.15, 0.2) is 48.6 Å². The molecule has 2 rings (SSSR count). The monoisotopic (exact) mass is 272 g/mol. The molecule has 0 saturated carbocycles. The summed E-state index contributed by atoms with van der Waals surface area (Å²) < 4.78 is 36.0. The van der Waals surface area contributed by atoms with E-state index in [1.54, 1.807) is 0 Å². The molecule has 1 aromatic carbocycles. The third-order valence-corrected chi connectivity index (χ3v) is 4.51. The SMILES string of the molecule is O=S(=O)(Cl)C1(F)C=CC(c2ccccc2)=CC1. The third kappa shape index (κ3) is 2.42. The average Bonchev–Trinajstić information content (AvgIpc) is 2.30. The maximum absolute atomic E-state index is 13.9. The second-order valence-electron chi connectivity index (χ2n) is 3.79. The predicted molar refractivity (Wildman–Crippen MR) is 66.8 cm³/mol. The number of benzene rings is 1. The topological polar surface area (TPSA) is 34.1 Å². The summed E-state index contributed by atoms with van der Waals surface area (Å²) in [7, 11) is 0.807. The van der Waals surface area contributed by atoms with Crippen molar-refractivity contribution in [2.45, 2.75) is 11.4 Å². The highest BCUT2D eigenvalue weighted by molar-refractivity contribution is 8.14. The molecule has 1 unspecified atom stereocenters. The van der Waals surface area contributed by atoms with Gasteiger partial charge in [-0.2, -0.15) is 0 Å². The van der Waals surface area contributed by atoms with Crippen LogP contribution in [0.25, 0.3) is 5.57 Å². The lowest BCUT2D eigenvalue weighted by molar-refractivity contribution is 0.336. The molecule has 0 saturated heterocycles. The van der Waals surface area contributed by atoms with Crippen LogP contribution in [0.5, 0.6) is 0 Å². The Bertz CT molecular complexity index is 578. The van der Waals surface area contributed by atoms with Crippen molar-refractivity contribution in [1.82, 2.24) is 0 Å². The van der Waals surface area contributed by atoms with Gasteiger partial charge in [-0.15, -0.1) is 0 Å². The first-order valence-corrected chi connectivity index (χ1v) is 7.31. The number of hydrogen-bond acceptors (Lipinski definition) is 2. The van der Waals surface area contributed by atoms with Gasteiger partial charge >= 0.3 is 0 Å². The molecule has 0 N–H and O–H groups in total. The molecule has 0 fully saturated rings. The number of allylic oxidation sites excluding steroid dienone is 3. The van der Waals surface area contributed by atoms with Crippen molar-refractivity contribution >= 4 is 25.3 Å². The van der Waals surface area contributed by atoms with Gasteiger partial charge in [0.1, 0.15) is 0 Å². The van der Waals surface area contributed by atoms with Crippen LogP contribution in [0, 0.1) is 0 Å². The van der Waals surface area contributed by atoms with Crippen molar-refractivity contribution in [2.24, 2.45) is 0 Å². The highest BCUT2D eigenvalue weighted by atomic mass is 35.7. The smallest absolute Gasteiger partial charge is 0.220 e. The molecule has 1 aliphatic rings. The second-order valence-corrected chi connectivity index (χ2v) is 6.56. The highest BCUT2D eigenvalue weighted by Gasteiger charge is 2.41. The first-order valence-electron chi connectivity index (χ1n) is 5.00. The molecule has 5 heteroatoms. The van der Waals surface area contributed by atoms with Crippen LogP contribution >= 0.6 is 10.7 Å². The normalized spacial score (nSPS) is 24.5. The molecule has 90 valence electrons. The highest BCUT2D eigenvalue weighted by Crippen LogP contribution is 2.35. The van der Waals surface area contributed by atoms with Crippen molar-refractivity contribution < 1.29 is 12.8 Å². The van der Waals surface area contributed by atoms with Gasteiger partial charge in [-0.3, -0.25) is 0 Å². The van der Waals surface area contributed by atoms with E-state index in [0.29, 0.717) is 0 Å². The van der Waals surface area contributed by atoms with Crippen LogP contribution in [-0.2, 0) is 9.05 Å². The molecule has 0 aromatic heterocycles. The van der Waals surface area contributed by atoms with Crippen molar-refractivity contribution in [2.75, 3.05) is 0 Å². The lowest BCUT2D eigenvalue weighted by Gasteiger charge is -2.20. The standard InChI is InChI=1S/C12H10ClFO2S/c13-17(15,16)12(14)8-6-11(7-9-12)10-4-2-1-3-5-10/h1-8H,9H2. The Morgan fingerprint density at radius 3 is 2.35 bits per heavy atom. The van der Waals surface area contributed by atoms with Gasteiger partial charge in [0.15, 0.2) is 0 Å². The summed E-state index contributed by atoms with van der Waals surface area (Å²) in [5.41, 5.74) is 1.71. The third-order valence-electron chi connectivity index (χ3n) is 2.62. The molecule has 1 aromatic rings. The van der Waals surface area contributed by atoms with Gasteiger partial charge in [-0.05, 0) is 17.2 Å². The molecule has 2 nitrogen and oxygen atoms in total. The summed E-state index contributed by atoms with van der Waals surface area (Å²) in [6.45, 7) is 0. The van der Waals surface area contributed by atoms with Crippen molar-refractivity contribution in [3.8, 4) is 0 Å². The molecular formula is C12H10ClFO2S. The summed E-state index contributed by atoms with van der Waals surface area (Å²) in [5.74, 6) is 0. The minimum absolute atomic E-state index is 0.264. The molecule has 17 heavy (non-hydrogen) atoms. The Morgan fingerprint density at radius 1 is 1.24 bits per heavy atom. The van der Waals surface area contributed by atoms with Crippen molar-refractivity contribution in [3.05, 3.63) is 54.1 Å². The number of rotatable bonds is 2. The van der Waals surface area contributed by atoms with Crippen LogP contribution in [0.1, 0.15) is 12.0 Å². The summed E-state index contributed by atoms with van der Waals surface area (Å²) in [6, 6.07) is 9.34. The number of halogens is 2. The van der Waals surface area contributed by atoms with Crippen molar-refractivity contribution in [1.29, 1.82) is 0 Å². The zero-order valence-corrected chi connectivity index (χ0v) is 10.4. The van der Waals surface area contributed by atoms with E-state index >= 15 is 0 Å². The molecule has 1 atom stereocenters. The van der Waals surface area contributed by atoms with E-state index < -0.39 is 14.1 Å². The van der Waals surface area contributed by atoms with E-state index in [1.807, 2.05) is 30.3 Å². The molecule has 0 radical (unpaired) electrons. The van der Waals surface area contributed by atoms with Crippen LogP contribution in [0.3, 0.4) is 0 Å². The summed E-state index contributed by atoms with van der Waals surface area (Å²) in [5, 5.41) is -2.49. The van der Waals surface area contributed by atoms with E-state index in [-0.39, 0.29) is 6.42 Å². The Kier molecular flexibility index (Phi) is 3.10. The van der Waals surface area contributed by atoms with Gasteiger partial charge in [0.25, 0.3) is 9.05 Å². The summed E-state index contributed by atoms with van der Waals surface area (Å²) in [4.78, 5) is 0. The fraction of sp³-hybridized carbons (Fsp3) is 0.167. The van der Waals surface area contributed by atoms with Gasteiger partial charge in [-0.25, -0.2) is 12.8 Å². The molecule has 0 bridgehead atoms. The Morgan fingerprint density at radius 2 is 1.88 bits per heavy atom. The van der Waals surface area contributed by atoms with Crippen LogP contribution in [0.4, 0.5) is 4.39 Å². The van der Waals surface area contributed by atoms with Gasteiger partial charge < -0.3 is 0 Å². The van der Waals surface area contributed by atoms with Gasteiger partial charge in [0.2, 0.25) is 5.00 Å². The van der Waals surface area contributed by atoms with Crippen molar-refractivity contribution in [3.63, 3.8) is 0 Å². The van der Waals surface area contributed by atoms with Crippen LogP contribution in [0.2, 0.25) is 0 Å². The van der Waals surface area contributed by atoms with Gasteiger partial charge in [0.05, 0.1) is 0 Å². The lowest BCUT2D eigenvalue weighted by Crippen LogP contribution is -2.28. The lowest BCUT2D eigenvalue weighted by atomic mass is 9.99. The molecule has 0 heterocycles. The summed E-state index contributed by atoms with van der Waals surface area (Å²) >= 11 is 0. The van der Waals surface area contributed by atoms with Gasteiger partial charge in [-0.1, -0.05) is 42.5 Å². The van der Waals surface area contributed by atoms with E-state index in [9.17, 15) is 12.8 Å². The quantitative estimate of drug-likeness (QED) is 0.775. The maximum atomic E-state index is 13.9. The van der Waals surface area contributed by atoms with Gasteiger partial charge in [0, 0.05) is 17.1 Å². The summed E-state index contributed by atoms with van der Waals surface area (Å²) in [6.07, 6.45) is 3.71. The molecule has 0 spiro atoms.